The maximum Gasteiger partial charge on any atom is 0.254 e. The number of hydrogen-bond acceptors (Lipinski definition) is 4. The van der Waals surface area contributed by atoms with Gasteiger partial charge in [0.05, 0.1) is 12.1 Å². The summed E-state index contributed by atoms with van der Waals surface area (Å²) in [5, 5.41) is -0.681. The normalized spacial score (nSPS) is 19.8. The van der Waals surface area contributed by atoms with Crippen molar-refractivity contribution in [1.82, 2.24) is 9.80 Å². The molecule has 2 aromatic rings. The van der Waals surface area contributed by atoms with E-state index >= 15 is 0 Å². The number of ketones is 1. The summed E-state index contributed by atoms with van der Waals surface area (Å²) in [6.45, 7) is 5.90. The Morgan fingerprint density at radius 1 is 1.14 bits per heavy atom. The molecule has 0 radical (unpaired) electrons. The number of fused-ring (bicyclic) bond motifs is 1. The van der Waals surface area contributed by atoms with Crippen LogP contribution in [0, 0.1) is 5.92 Å². The van der Waals surface area contributed by atoms with E-state index in [0.29, 0.717) is 37.2 Å². The van der Waals surface area contributed by atoms with Crippen molar-refractivity contribution in [2.24, 2.45) is 11.7 Å². The monoisotopic (exact) mass is 581 g/mol. The summed E-state index contributed by atoms with van der Waals surface area (Å²) in [5.74, 6) is -0.0409. The second kappa shape index (κ2) is 12.2. The van der Waals surface area contributed by atoms with Gasteiger partial charge in [-0.15, -0.1) is 11.6 Å². The highest BCUT2D eigenvalue weighted by Crippen LogP contribution is 2.34. The number of amides is 1. The van der Waals surface area contributed by atoms with Gasteiger partial charge in [-0.3, -0.25) is 9.59 Å². The molecular formula is C30H33BrClN3O2. The predicted molar refractivity (Wildman–Crippen MR) is 153 cm³/mol. The third kappa shape index (κ3) is 6.25. The minimum absolute atomic E-state index is 0.0439. The van der Waals surface area contributed by atoms with Gasteiger partial charge in [-0.05, 0) is 54.8 Å². The maximum absolute atomic E-state index is 13.9. The Morgan fingerprint density at radius 3 is 2.49 bits per heavy atom. The van der Waals surface area contributed by atoms with Gasteiger partial charge in [0.2, 0.25) is 0 Å². The maximum atomic E-state index is 13.9. The van der Waals surface area contributed by atoms with E-state index in [-0.39, 0.29) is 29.7 Å². The molecule has 1 heterocycles. The third-order valence-corrected chi connectivity index (χ3v) is 7.73. The molecule has 0 saturated carbocycles. The summed E-state index contributed by atoms with van der Waals surface area (Å²) in [4.78, 5) is 31.2. The zero-order chi connectivity index (χ0) is 26.5. The second-order valence-corrected chi connectivity index (χ2v) is 11.2. The number of rotatable bonds is 9. The molecular weight excluding hydrogens is 550 g/mol. The van der Waals surface area contributed by atoms with Crippen LogP contribution in [0.15, 0.2) is 94.6 Å². The molecule has 3 atom stereocenters. The van der Waals surface area contributed by atoms with E-state index in [2.05, 4.69) is 46.8 Å². The highest BCUT2D eigenvalue weighted by atomic mass is 79.9. The van der Waals surface area contributed by atoms with Crippen molar-refractivity contribution in [2.75, 3.05) is 13.1 Å². The van der Waals surface area contributed by atoms with Crippen LogP contribution in [0.1, 0.15) is 36.2 Å². The second-order valence-electron chi connectivity index (χ2n) is 9.82. The average molecular weight is 583 g/mol. The summed E-state index contributed by atoms with van der Waals surface area (Å²) in [7, 11) is 0. The number of carbonyl (C=O) groups is 2. The van der Waals surface area contributed by atoms with Crippen LogP contribution in [0.3, 0.4) is 0 Å². The molecule has 2 N–H and O–H groups in total. The summed E-state index contributed by atoms with van der Waals surface area (Å²) in [5.41, 5.74) is 9.14. The van der Waals surface area contributed by atoms with E-state index in [1.807, 2.05) is 65.7 Å². The Labute approximate surface area is 232 Å². The lowest BCUT2D eigenvalue weighted by atomic mass is 9.84. The van der Waals surface area contributed by atoms with Gasteiger partial charge in [-0.25, -0.2) is 0 Å². The van der Waals surface area contributed by atoms with E-state index in [0.717, 1.165) is 15.6 Å². The fourth-order valence-electron chi connectivity index (χ4n) is 5.06. The van der Waals surface area contributed by atoms with E-state index in [9.17, 15) is 9.59 Å². The lowest BCUT2D eigenvalue weighted by molar-refractivity contribution is -0.114. The van der Waals surface area contributed by atoms with E-state index in [1.54, 1.807) is 6.08 Å². The zero-order valence-corrected chi connectivity index (χ0v) is 23.5. The van der Waals surface area contributed by atoms with Gasteiger partial charge >= 0.3 is 0 Å². The minimum atomic E-state index is -0.681. The summed E-state index contributed by atoms with van der Waals surface area (Å²) in [6, 6.07) is 17.2. The fraction of sp³-hybridized carbons (Fsp3) is 0.333. The smallest absolute Gasteiger partial charge is 0.254 e. The predicted octanol–water partition coefficient (Wildman–Crippen LogP) is 5.71. The Balaban J connectivity index is 1.78. The Kier molecular flexibility index (Phi) is 9.06. The fourth-order valence-corrected chi connectivity index (χ4v) is 5.52. The number of hydrogen-bond donors (Lipinski definition) is 1. The van der Waals surface area contributed by atoms with Crippen LogP contribution in [0.5, 0.6) is 0 Å². The quantitative estimate of drug-likeness (QED) is 0.385. The van der Waals surface area contributed by atoms with Crippen molar-refractivity contribution in [3.8, 4) is 0 Å². The molecule has 1 amide bonds. The molecule has 0 saturated heterocycles. The number of benzene rings is 2. The van der Waals surface area contributed by atoms with Crippen LogP contribution in [-0.4, -0.2) is 52.0 Å². The van der Waals surface area contributed by atoms with Crippen molar-refractivity contribution in [3.05, 3.63) is 106 Å². The molecule has 0 fully saturated rings. The molecule has 3 unspecified atom stereocenters. The minimum Gasteiger partial charge on any atom is -0.364 e. The van der Waals surface area contributed by atoms with Crippen LogP contribution in [0.4, 0.5) is 0 Å². The zero-order valence-electron chi connectivity index (χ0n) is 21.2. The van der Waals surface area contributed by atoms with Gasteiger partial charge < -0.3 is 15.5 Å². The Bertz CT molecular complexity index is 1210. The van der Waals surface area contributed by atoms with E-state index < -0.39 is 5.38 Å². The lowest BCUT2D eigenvalue weighted by Gasteiger charge is -2.45. The first-order valence-electron chi connectivity index (χ1n) is 12.7. The number of halogens is 2. The van der Waals surface area contributed by atoms with Crippen molar-refractivity contribution in [2.45, 2.75) is 44.3 Å². The van der Waals surface area contributed by atoms with Gasteiger partial charge in [0, 0.05) is 40.5 Å². The Hall–Kier alpha value is -2.67. The number of nitrogens with zero attached hydrogens (tertiary/aromatic N) is 2. The van der Waals surface area contributed by atoms with Gasteiger partial charge in [0.1, 0.15) is 5.38 Å². The van der Waals surface area contributed by atoms with Gasteiger partial charge in [0.25, 0.3) is 5.91 Å². The molecule has 0 bridgehead atoms. The number of allylic oxidation sites excluding steroid dienone is 4. The van der Waals surface area contributed by atoms with Gasteiger partial charge in [-0.1, -0.05) is 72.3 Å². The van der Waals surface area contributed by atoms with Gasteiger partial charge in [0.15, 0.2) is 5.78 Å². The standard InChI is InChI=1S/C30H33BrClN3O2/c1-20(2)28(35(16-6-15-33)30(37)22-9-12-24(31)13-10-22)27-17-25-23(11-14-26(32)29(25)36)19-34(27)18-21-7-4-3-5-8-21/h3-5,7-14,17,19-20,26-28H,6,15-16,18,33H2,1-2H3. The summed E-state index contributed by atoms with van der Waals surface area (Å²) < 4.78 is 0.918. The molecule has 5 nitrogen and oxygen atoms in total. The molecule has 4 rings (SSSR count). The number of nitrogens with two attached hydrogens (primary N) is 1. The average Bonchev–Trinajstić information content (AvgIpc) is 2.89. The molecule has 0 spiro atoms. The SMILES string of the molecule is CC(C)C(C1C=C2C(=O)C(Cl)C=CC2=CN1Cc1ccccc1)N(CCCN)C(=O)c1ccc(Br)cc1. The van der Waals surface area contributed by atoms with Crippen molar-refractivity contribution < 1.29 is 9.59 Å². The third-order valence-electron chi connectivity index (χ3n) is 6.85. The first kappa shape index (κ1) is 27.4. The largest absolute Gasteiger partial charge is 0.364 e. The highest BCUT2D eigenvalue weighted by molar-refractivity contribution is 9.10. The van der Waals surface area contributed by atoms with Crippen LogP contribution in [0.2, 0.25) is 0 Å². The molecule has 1 aliphatic heterocycles. The highest BCUT2D eigenvalue weighted by Gasteiger charge is 2.39. The van der Waals surface area contributed by atoms with Crippen molar-refractivity contribution in [1.29, 1.82) is 0 Å². The molecule has 1 aliphatic carbocycles. The number of alkyl halides is 1. The molecule has 2 aliphatic rings. The van der Waals surface area contributed by atoms with Crippen LogP contribution >= 0.6 is 27.5 Å². The van der Waals surface area contributed by atoms with Crippen LogP contribution < -0.4 is 5.73 Å². The number of Topliss-reactive ketones (excluding diaryl/α,β-unsaturated/α-hetero) is 1. The molecule has 7 heteroatoms. The van der Waals surface area contributed by atoms with Crippen molar-refractivity contribution >= 4 is 39.2 Å². The molecule has 194 valence electrons. The van der Waals surface area contributed by atoms with Gasteiger partial charge in [-0.2, -0.15) is 0 Å². The van der Waals surface area contributed by atoms with Crippen molar-refractivity contribution in [3.63, 3.8) is 0 Å². The lowest BCUT2D eigenvalue weighted by Crippen LogP contribution is -2.55. The first-order chi connectivity index (χ1) is 17.8. The Morgan fingerprint density at radius 2 is 1.84 bits per heavy atom. The number of carbonyl (C=O) groups excluding carboxylic acids is 2. The molecule has 37 heavy (non-hydrogen) atoms. The first-order valence-corrected chi connectivity index (χ1v) is 13.9. The van der Waals surface area contributed by atoms with Crippen LogP contribution in [-0.2, 0) is 11.3 Å². The van der Waals surface area contributed by atoms with Crippen LogP contribution in [0.25, 0.3) is 0 Å². The van der Waals surface area contributed by atoms with E-state index in [4.69, 9.17) is 17.3 Å². The summed E-state index contributed by atoms with van der Waals surface area (Å²) >= 11 is 9.78. The van der Waals surface area contributed by atoms with E-state index in [1.165, 1.54) is 0 Å². The molecule has 2 aromatic carbocycles. The molecule has 0 aromatic heterocycles. The topological polar surface area (TPSA) is 66.6 Å². The summed E-state index contributed by atoms with van der Waals surface area (Å²) in [6.07, 6.45) is 8.40.